The number of alkyl halides is 2. The molecule has 3 rings (SSSR count). The second kappa shape index (κ2) is 7.67. The minimum absolute atomic E-state index is 0.0206. The Hall–Kier alpha value is -3.42. The lowest BCUT2D eigenvalue weighted by atomic mass is 9.82. The van der Waals surface area contributed by atoms with E-state index in [2.05, 4.69) is 16.3 Å². The number of hydrogen-bond acceptors (Lipinski definition) is 5. The molecule has 0 aromatic heterocycles. The summed E-state index contributed by atoms with van der Waals surface area (Å²) in [7, 11) is 1.52. The Morgan fingerprint density at radius 2 is 1.93 bits per heavy atom. The molecular weight excluding hydrogens is 368 g/mol. The summed E-state index contributed by atoms with van der Waals surface area (Å²) in [5.41, 5.74) is 5.47. The standard InChI is InChI=1S/C20H19F2N3O3/c1-3-11-27-16-6-4-5-14(12-16)20(17(26)25(2)19(23)24-20)13-7-9-15(10-8-13)28-18(21)22/h3-10,12,18H,1,11H2,2H3,(H2,23,24). The number of nitrogens with zero attached hydrogens (tertiary/aromatic N) is 2. The van der Waals surface area contributed by atoms with Crippen LogP contribution >= 0.6 is 0 Å². The molecule has 0 bridgehead atoms. The molecule has 1 amide bonds. The first kappa shape index (κ1) is 19.3. The van der Waals surface area contributed by atoms with Crippen LogP contribution in [0.5, 0.6) is 11.5 Å². The number of ether oxygens (including phenoxy) is 2. The van der Waals surface area contributed by atoms with Crippen LogP contribution in [0.3, 0.4) is 0 Å². The van der Waals surface area contributed by atoms with Crippen molar-refractivity contribution in [3.05, 3.63) is 72.3 Å². The largest absolute Gasteiger partial charge is 0.490 e. The summed E-state index contributed by atoms with van der Waals surface area (Å²) in [4.78, 5) is 18.8. The van der Waals surface area contributed by atoms with E-state index >= 15 is 0 Å². The Labute approximate surface area is 160 Å². The quantitative estimate of drug-likeness (QED) is 0.741. The van der Waals surface area contributed by atoms with Crippen molar-refractivity contribution in [3.8, 4) is 11.5 Å². The number of rotatable bonds is 7. The van der Waals surface area contributed by atoms with E-state index in [0.29, 0.717) is 23.5 Å². The predicted molar refractivity (Wildman–Crippen MR) is 100 cm³/mol. The zero-order valence-corrected chi connectivity index (χ0v) is 15.1. The molecule has 1 heterocycles. The highest BCUT2D eigenvalue weighted by Crippen LogP contribution is 2.40. The van der Waals surface area contributed by atoms with Crippen LogP contribution in [0.15, 0.2) is 66.2 Å². The van der Waals surface area contributed by atoms with E-state index in [9.17, 15) is 13.6 Å². The molecule has 2 aromatic carbocycles. The Morgan fingerprint density at radius 1 is 1.21 bits per heavy atom. The van der Waals surface area contributed by atoms with Crippen molar-refractivity contribution in [1.82, 2.24) is 4.90 Å². The van der Waals surface area contributed by atoms with E-state index < -0.39 is 12.2 Å². The van der Waals surface area contributed by atoms with Crippen LogP contribution in [0.2, 0.25) is 0 Å². The minimum atomic E-state index is -2.94. The number of halogens is 2. The van der Waals surface area contributed by atoms with Gasteiger partial charge in [-0.1, -0.05) is 36.9 Å². The van der Waals surface area contributed by atoms with E-state index in [4.69, 9.17) is 10.5 Å². The number of hydrogen-bond donors (Lipinski definition) is 1. The first-order valence-electron chi connectivity index (χ1n) is 8.41. The average Bonchev–Trinajstić information content (AvgIpc) is 2.92. The van der Waals surface area contributed by atoms with Gasteiger partial charge in [0, 0.05) is 7.05 Å². The van der Waals surface area contributed by atoms with Crippen LogP contribution in [-0.2, 0) is 10.3 Å². The highest BCUT2D eigenvalue weighted by atomic mass is 19.3. The van der Waals surface area contributed by atoms with Gasteiger partial charge >= 0.3 is 6.61 Å². The molecule has 0 saturated heterocycles. The molecule has 2 N–H and O–H groups in total. The van der Waals surface area contributed by atoms with Crippen molar-refractivity contribution in [2.75, 3.05) is 13.7 Å². The third kappa shape index (κ3) is 3.40. The fourth-order valence-corrected chi connectivity index (χ4v) is 3.03. The Morgan fingerprint density at radius 3 is 2.50 bits per heavy atom. The molecular formula is C20H19F2N3O3. The molecule has 0 fully saturated rings. The molecule has 1 aliphatic rings. The van der Waals surface area contributed by atoms with Crippen molar-refractivity contribution in [3.63, 3.8) is 0 Å². The van der Waals surface area contributed by atoms with E-state index in [-0.39, 0.29) is 17.6 Å². The number of benzene rings is 2. The average molecular weight is 387 g/mol. The number of nitrogens with two attached hydrogens (primary N) is 1. The van der Waals surface area contributed by atoms with Gasteiger partial charge in [-0.15, -0.1) is 0 Å². The summed E-state index contributed by atoms with van der Waals surface area (Å²) >= 11 is 0. The molecule has 0 saturated carbocycles. The third-order valence-electron chi connectivity index (χ3n) is 4.36. The summed E-state index contributed by atoms with van der Waals surface area (Å²) in [6, 6.07) is 12.7. The Balaban J connectivity index is 2.10. The second-order valence-corrected chi connectivity index (χ2v) is 6.07. The lowest BCUT2D eigenvalue weighted by molar-refractivity contribution is -0.129. The van der Waals surface area contributed by atoms with Gasteiger partial charge < -0.3 is 15.2 Å². The number of aliphatic imine (C=N–C) groups is 1. The van der Waals surface area contributed by atoms with Gasteiger partial charge in [0.15, 0.2) is 11.5 Å². The maximum Gasteiger partial charge on any atom is 0.387 e. The highest BCUT2D eigenvalue weighted by Gasteiger charge is 2.49. The van der Waals surface area contributed by atoms with Gasteiger partial charge in [-0.2, -0.15) is 8.78 Å². The second-order valence-electron chi connectivity index (χ2n) is 6.07. The van der Waals surface area contributed by atoms with E-state index in [1.165, 1.54) is 36.2 Å². The first-order valence-corrected chi connectivity index (χ1v) is 8.41. The van der Waals surface area contributed by atoms with Gasteiger partial charge in [-0.25, -0.2) is 4.99 Å². The summed E-state index contributed by atoms with van der Waals surface area (Å²) < 4.78 is 34.8. The van der Waals surface area contributed by atoms with Gasteiger partial charge in [0.05, 0.1) is 0 Å². The van der Waals surface area contributed by atoms with Crippen LogP contribution in [0.4, 0.5) is 8.78 Å². The molecule has 1 atom stereocenters. The van der Waals surface area contributed by atoms with Crippen molar-refractivity contribution in [2.45, 2.75) is 12.2 Å². The predicted octanol–water partition coefficient (Wildman–Crippen LogP) is 2.88. The van der Waals surface area contributed by atoms with Crippen LogP contribution in [0.1, 0.15) is 11.1 Å². The molecule has 0 aliphatic carbocycles. The van der Waals surface area contributed by atoms with Crippen LogP contribution in [0, 0.1) is 0 Å². The normalized spacial score (nSPS) is 18.9. The molecule has 2 aromatic rings. The third-order valence-corrected chi connectivity index (χ3v) is 4.36. The van der Waals surface area contributed by atoms with Gasteiger partial charge in [0.1, 0.15) is 18.1 Å². The molecule has 0 radical (unpaired) electrons. The van der Waals surface area contributed by atoms with Crippen LogP contribution < -0.4 is 15.2 Å². The fourth-order valence-electron chi connectivity index (χ4n) is 3.03. The van der Waals surface area contributed by atoms with E-state index in [0.717, 1.165) is 0 Å². The van der Waals surface area contributed by atoms with Crippen LogP contribution in [0.25, 0.3) is 0 Å². The minimum Gasteiger partial charge on any atom is -0.490 e. The van der Waals surface area contributed by atoms with Gasteiger partial charge in [0.2, 0.25) is 0 Å². The number of amides is 1. The molecule has 146 valence electrons. The maximum absolute atomic E-state index is 13.1. The zero-order chi connectivity index (χ0) is 20.3. The smallest absolute Gasteiger partial charge is 0.387 e. The Kier molecular flexibility index (Phi) is 5.30. The zero-order valence-electron chi connectivity index (χ0n) is 15.1. The summed E-state index contributed by atoms with van der Waals surface area (Å²) in [5, 5.41) is 0. The van der Waals surface area contributed by atoms with E-state index in [1.54, 1.807) is 30.3 Å². The monoisotopic (exact) mass is 387 g/mol. The number of carbonyl (C=O) groups excluding carboxylic acids is 1. The highest BCUT2D eigenvalue weighted by molar-refractivity contribution is 6.08. The number of carbonyl (C=O) groups is 1. The molecule has 1 unspecified atom stereocenters. The van der Waals surface area contributed by atoms with Gasteiger partial charge in [-0.3, -0.25) is 9.69 Å². The maximum atomic E-state index is 13.1. The fraction of sp³-hybridized carbons (Fsp3) is 0.200. The molecule has 6 nitrogen and oxygen atoms in total. The molecule has 8 heteroatoms. The lowest BCUT2D eigenvalue weighted by Crippen LogP contribution is -2.41. The van der Waals surface area contributed by atoms with Crippen LogP contribution in [-0.4, -0.2) is 37.0 Å². The Bertz CT molecular complexity index is 915. The topological polar surface area (TPSA) is 77.2 Å². The summed E-state index contributed by atoms with van der Waals surface area (Å²) in [5.74, 6) is 0.196. The summed E-state index contributed by atoms with van der Waals surface area (Å²) in [6.45, 7) is 0.970. The molecule has 0 spiro atoms. The van der Waals surface area contributed by atoms with Crippen molar-refractivity contribution in [2.24, 2.45) is 10.7 Å². The SMILES string of the molecule is C=CCOc1cccc(C2(c3ccc(OC(F)F)cc3)N=C(N)N(C)C2=O)c1. The number of likely N-dealkylation sites (N-methyl/N-ethyl adjacent to an activating group) is 1. The molecule has 28 heavy (non-hydrogen) atoms. The lowest BCUT2D eigenvalue weighted by Gasteiger charge is -2.26. The van der Waals surface area contributed by atoms with E-state index in [1.807, 2.05) is 0 Å². The summed E-state index contributed by atoms with van der Waals surface area (Å²) in [6.07, 6.45) is 1.61. The van der Waals surface area contributed by atoms with Crippen molar-refractivity contribution in [1.29, 1.82) is 0 Å². The van der Waals surface area contributed by atoms with Gasteiger partial charge in [0.25, 0.3) is 5.91 Å². The van der Waals surface area contributed by atoms with Crippen molar-refractivity contribution < 1.29 is 23.0 Å². The number of guanidine groups is 1. The van der Waals surface area contributed by atoms with Gasteiger partial charge in [-0.05, 0) is 35.4 Å². The molecule has 1 aliphatic heterocycles. The van der Waals surface area contributed by atoms with Crippen molar-refractivity contribution >= 4 is 11.9 Å². The first-order chi connectivity index (χ1) is 13.4.